The number of anilines is 1. The Balaban J connectivity index is 3.04. The fourth-order valence-electron chi connectivity index (χ4n) is 1.62. The first-order chi connectivity index (χ1) is 8.13. The molecular formula is C13H19NO3. The number of rotatable bonds is 5. The van der Waals surface area contributed by atoms with E-state index in [1.165, 1.54) is 4.90 Å². The fourth-order valence-corrected chi connectivity index (χ4v) is 1.62. The Labute approximate surface area is 102 Å². The van der Waals surface area contributed by atoms with E-state index in [4.69, 9.17) is 9.84 Å². The van der Waals surface area contributed by atoms with E-state index in [1.807, 2.05) is 18.2 Å². The van der Waals surface area contributed by atoms with Gasteiger partial charge in [-0.25, -0.2) is 0 Å². The van der Waals surface area contributed by atoms with E-state index >= 15 is 0 Å². The van der Waals surface area contributed by atoms with E-state index in [9.17, 15) is 4.79 Å². The number of carbonyl (C=O) groups is 1. The Morgan fingerprint density at radius 1 is 1.47 bits per heavy atom. The van der Waals surface area contributed by atoms with Gasteiger partial charge in [0, 0.05) is 7.05 Å². The molecule has 1 amide bonds. The van der Waals surface area contributed by atoms with Gasteiger partial charge in [0.15, 0.2) is 0 Å². The predicted octanol–water partition coefficient (Wildman–Crippen LogP) is 1.60. The molecule has 0 atom stereocenters. The number of aryl methyl sites for hydroxylation is 1. The Hall–Kier alpha value is -1.55. The number of nitrogens with zero attached hydrogens (tertiary/aromatic N) is 1. The van der Waals surface area contributed by atoms with Gasteiger partial charge in [-0.2, -0.15) is 0 Å². The molecule has 0 saturated carbocycles. The third-order valence-electron chi connectivity index (χ3n) is 2.71. The van der Waals surface area contributed by atoms with E-state index in [0.717, 1.165) is 17.7 Å². The maximum absolute atomic E-state index is 11.7. The summed E-state index contributed by atoms with van der Waals surface area (Å²) in [6.45, 7) is 1.92. The molecule has 1 rings (SSSR count). The molecule has 17 heavy (non-hydrogen) atoms. The van der Waals surface area contributed by atoms with Gasteiger partial charge in [-0.05, 0) is 24.1 Å². The number of hydrogen-bond acceptors (Lipinski definition) is 3. The van der Waals surface area contributed by atoms with Crippen molar-refractivity contribution in [2.75, 3.05) is 25.7 Å². The van der Waals surface area contributed by atoms with Gasteiger partial charge < -0.3 is 14.7 Å². The lowest BCUT2D eigenvalue weighted by Gasteiger charge is -2.20. The van der Waals surface area contributed by atoms with E-state index in [2.05, 4.69) is 6.92 Å². The molecule has 0 fully saturated rings. The van der Waals surface area contributed by atoms with Crippen LogP contribution in [0.2, 0.25) is 0 Å². The molecular weight excluding hydrogens is 218 g/mol. The topological polar surface area (TPSA) is 49.8 Å². The quantitative estimate of drug-likeness (QED) is 0.846. The average Bonchev–Trinajstić information content (AvgIpc) is 2.37. The predicted molar refractivity (Wildman–Crippen MR) is 67.5 cm³/mol. The van der Waals surface area contributed by atoms with Crippen molar-refractivity contribution in [2.45, 2.75) is 19.8 Å². The number of methoxy groups -OCH3 is 1. The molecule has 94 valence electrons. The second-order valence-electron chi connectivity index (χ2n) is 3.79. The Morgan fingerprint density at radius 3 is 2.71 bits per heavy atom. The van der Waals surface area contributed by atoms with Crippen molar-refractivity contribution in [3.05, 3.63) is 23.8 Å². The minimum Gasteiger partial charge on any atom is -0.495 e. The van der Waals surface area contributed by atoms with Crippen LogP contribution in [0.1, 0.15) is 18.9 Å². The molecule has 1 N–H and O–H groups in total. The fraction of sp³-hybridized carbons (Fsp3) is 0.462. The summed E-state index contributed by atoms with van der Waals surface area (Å²) in [5.41, 5.74) is 1.88. The summed E-state index contributed by atoms with van der Waals surface area (Å²) in [5.74, 6) is 0.537. The first kappa shape index (κ1) is 13.5. The van der Waals surface area contributed by atoms with Crippen molar-refractivity contribution < 1.29 is 14.6 Å². The summed E-state index contributed by atoms with van der Waals surface area (Å²) in [6.07, 6.45) is 1.02. The third-order valence-corrected chi connectivity index (χ3v) is 2.71. The minimum absolute atomic E-state index is 0.121. The lowest BCUT2D eigenvalue weighted by atomic mass is 10.1. The molecule has 0 unspecified atom stereocenters. The molecule has 0 spiro atoms. The molecule has 4 heteroatoms. The van der Waals surface area contributed by atoms with Crippen molar-refractivity contribution in [3.63, 3.8) is 0 Å². The largest absolute Gasteiger partial charge is 0.495 e. The summed E-state index contributed by atoms with van der Waals surface area (Å²) in [5, 5.41) is 8.78. The number of ether oxygens (including phenoxy) is 1. The molecule has 0 heterocycles. The highest BCUT2D eigenvalue weighted by molar-refractivity contribution is 5.94. The molecule has 0 saturated heterocycles. The van der Waals surface area contributed by atoms with Crippen LogP contribution in [0.3, 0.4) is 0 Å². The van der Waals surface area contributed by atoms with Crippen molar-refractivity contribution in [3.8, 4) is 5.75 Å². The van der Waals surface area contributed by atoms with Crippen LogP contribution in [-0.4, -0.2) is 31.8 Å². The highest BCUT2D eigenvalue weighted by atomic mass is 16.5. The molecule has 0 aromatic heterocycles. The van der Waals surface area contributed by atoms with E-state index in [0.29, 0.717) is 5.75 Å². The number of amides is 1. The number of aliphatic hydroxyl groups excluding tert-OH is 1. The zero-order valence-electron chi connectivity index (χ0n) is 10.6. The maximum Gasteiger partial charge on any atom is 0.229 e. The maximum atomic E-state index is 11.7. The van der Waals surface area contributed by atoms with Gasteiger partial charge >= 0.3 is 0 Å². The summed E-state index contributed by atoms with van der Waals surface area (Å²) in [7, 11) is 3.27. The van der Waals surface area contributed by atoms with Crippen LogP contribution in [0.5, 0.6) is 5.75 Å². The zero-order valence-corrected chi connectivity index (χ0v) is 10.6. The van der Waals surface area contributed by atoms with Crippen LogP contribution < -0.4 is 9.64 Å². The summed E-state index contributed by atoms with van der Waals surface area (Å²) < 4.78 is 5.24. The monoisotopic (exact) mass is 237 g/mol. The van der Waals surface area contributed by atoms with Crippen LogP contribution in [-0.2, 0) is 11.2 Å². The Bertz CT molecular complexity index is 390. The zero-order chi connectivity index (χ0) is 12.8. The number of carbonyl (C=O) groups excluding carboxylic acids is 1. The summed E-state index contributed by atoms with van der Waals surface area (Å²) in [6, 6.07) is 5.78. The smallest absolute Gasteiger partial charge is 0.229 e. The van der Waals surface area contributed by atoms with Crippen LogP contribution in [0, 0.1) is 0 Å². The van der Waals surface area contributed by atoms with Gasteiger partial charge in [-0.15, -0.1) is 0 Å². The SMILES string of the molecule is CCc1ccc(OC)c(N(C)C(=O)CCO)c1. The first-order valence-corrected chi connectivity index (χ1v) is 5.68. The molecule has 0 aliphatic heterocycles. The number of aliphatic hydroxyl groups is 1. The average molecular weight is 237 g/mol. The van der Waals surface area contributed by atoms with Crippen molar-refractivity contribution in [1.29, 1.82) is 0 Å². The molecule has 0 radical (unpaired) electrons. The Morgan fingerprint density at radius 2 is 2.18 bits per heavy atom. The van der Waals surface area contributed by atoms with E-state index in [1.54, 1.807) is 14.2 Å². The second-order valence-corrected chi connectivity index (χ2v) is 3.79. The number of benzene rings is 1. The molecule has 4 nitrogen and oxygen atoms in total. The lowest BCUT2D eigenvalue weighted by molar-refractivity contribution is -0.118. The third kappa shape index (κ3) is 3.20. The van der Waals surface area contributed by atoms with Crippen molar-refractivity contribution in [2.24, 2.45) is 0 Å². The summed E-state index contributed by atoms with van der Waals surface area (Å²) >= 11 is 0. The van der Waals surface area contributed by atoms with Crippen molar-refractivity contribution in [1.82, 2.24) is 0 Å². The highest BCUT2D eigenvalue weighted by Gasteiger charge is 2.14. The molecule has 1 aromatic rings. The van der Waals surface area contributed by atoms with Crippen LogP contribution >= 0.6 is 0 Å². The van der Waals surface area contributed by atoms with Gasteiger partial charge in [0.25, 0.3) is 0 Å². The van der Waals surface area contributed by atoms with Gasteiger partial charge in [0.2, 0.25) is 5.91 Å². The van der Waals surface area contributed by atoms with Gasteiger partial charge in [-0.1, -0.05) is 13.0 Å². The molecule has 1 aromatic carbocycles. The number of hydrogen-bond donors (Lipinski definition) is 1. The van der Waals surface area contributed by atoms with Crippen LogP contribution in [0.4, 0.5) is 5.69 Å². The minimum atomic E-state index is -0.140. The van der Waals surface area contributed by atoms with Crippen LogP contribution in [0.15, 0.2) is 18.2 Å². The van der Waals surface area contributed by atoms with E-state index in [-0.39, 0.29) is 18.9 Å². The highest BCUT2D eigenvalue weighted by Crippen LogP contribution is 2.29. The van der Waals surface area contributed by atoms with E-state index < -0.39 is 0 Å². The lowest BCUT2D eigenvalue weighted by Crippen LogP contribution is -2.27. The molecule has 0 aliphatic carbocycles. The van der Waals surface area contributed by atoms with Gasteiger partial charge in [0.05, 0.1) is 25.8 Å². The molecule has 0 bridgehead atoms. The first-order valence-electron chi connectivity index (χ1n) is 5.68. The van der Waals surface area contributed by atoms with Crippen LogP contribution in [0.25, 0.3) is 0 Å². The summed E-state index contributed by atoms with van der Waals surface area (Å²) in [4.78, 5) is 13.2. The van der Waals surface area contributed by atoms with Gasteiger partial charge in [-0.3, -0.25) is 4.79 Å². The normalized spacial score (nSPS) is 10.1. The molecule has 0 aliphatic rings. The van der Waals surface area contributed by atoms with Gasteiger partial charge in [0.1, 0.15) is 5.75 Å². The second kappa shape index (κ2) is 6.25. The van der Waals surface area contributed by atoms with Crippen molar-refractivity contribution >= 4 is 11.6 Å². The standard InChI is InChI=1S/C13H19NO3/c1-4-10-5-6-12(17-3)11(9-10)14(2)13(16)7-8-15/h5-6,9,15H,4,7-8H2,1-3H3. The Kier molecular flexibility index (Phi) is 4.97.